The first-order valence-corrected chi connectivity index (χ1v) is 6.43. The fourth-order valence-corrected chi connectivity index (χ4v) is 2.07. The highest BCUT2D eigenvalue weighted by Crippen LogP contribution is 2.15. The molecule has 0 atom stereocenters. The number of nitrogens with zero attached hydrogens (tertiary/aromatic N) is 3. The fourth-order valence-electron chi connectivity index (χ4n) is 2.07. The smallest absolute Gasteiger partial charge is 0.262 e. The van der Waals surface area contributed by atoms with Gasteiger partial charge in [-0.2, -0.15) is 4.39 Å². The van der Waals surface area contributed by atoms with Gasteiger partial charge < -0.3 is 0 Å². The van der Waals surface area contributed by atoms with Gasteiger partial charge in [0.15, 0.2) is 0 Å². The summed E-state index contributed by atoms with van der Waals surface area (Å²) in [5, 5.41) is 0. The van der Waals surface area contributed by atoms with E-state index in [0.717, 1.165) is 17.2 Å². The lowest BCUT2D eigenvalue weighted by Gasteiger charge is -2.10. The number of hydrogen-bond donors (Lipinski definition) is 0. The van der Waals surface area contributed by atoms with Crippen LogP contribution in [0.3, 0.4) is 0 Å². The second kappa shape index (κ2) is 6.46. The molecule has 3 aromatic rings. The highest BCUT2D eigenvalue weighted by atomic mass is 19.3. The lowest BCUT2D eigenvalue weighted by molar-refractivity contribution is 0.295. The first-order chi connectivity index (χ1) is 10.5. The SMILES string of the molecule is Cc1ccc(-n2c(=O)cc(F)n3ccnc23)cc1C.FCF. The summed E-state index contributed by atoms with van der Waals surface area (Å²) < 4.78 is 35.5. The Morgan fingerprint density at radius 3 is 2.45 bits per heavy atom. The van der Waals surface area contributed by atoms with Crippen LogP contribution >= 0.6 is 0 Å². The molecule has 0 fully saturated rings. The molecule has 2 aromatic heterocycles. The van der Waals surface area contributed by atoms with E-state index >= 15 is 0 Å². The van der Waals surface area contributed by atoms with Crippen molar-refractivity contribution < 1.29 is 13.2 Å². The molecule has 3 rings (SSSR count). The lowest BCUT2D eigenvalue weighted by Crippen LogP contribution is -2.21. The molecule has 0 radical (unpaired) electrons. The molecular weight excluding hydrogens is 295 g/mol. The monoisotopic (exact) mass is 309 g/mol. The molecule has 1 aromatic carbocycles. The summed E-state index contributed by atoms with van der Waals surface area (Å²) in [5.41, 5.74) is 2.46. The van der Waals surface area contributed by atoms with Crippen molar-refractivity contribution in [2.45, 2.75) is 13.8 Å². The maximum Gasteiger partial charge on any atom is 0.262 e. The van der Waals surface area contributed by atoms with Gasteiger partial charge >= 0.3 is 0 Å². The summed E-state index contributed by atoms with van der Waals surface area (Å²) in [6.07, 6.45) is 2.96. The molecule has 2 heterocycles. The largest absolute Gasteiger partial charge is 0.269 e. The number of fused-ring (bicyclic) bond motifs is 1. The Kier molecular flexibility index (Phi) is 4.65. The van der Waals surface area contributed by atoms with Crippen LogP contribution in [-0.2, 0) is 0 Å². The normalized spacial score (nSPS) is 10.4. The quantitative estimate of drug-likeness (QED) is 0.648. The number of halogens is 3. The summed E-state index contributed by atoms with van der Waals surface area (Å²) in [6.45, 7) is 2.22. The minimum absolute atomic E-state index is 0.272. The van der Waals surface area contributed by atoms with Crippen LogP contribution in [0.5, 0.6) is 0 Å². The van der Waals surface area contributed by atoms with Crippen LogP contribution in [0.1, 0.15) is 11.1 Å². The van der Waals surface area contributed by atoms with Gasteiger partial charge in [-0.05, 0) is 37.1 Å². The van der Waals surface area contributed by atoms with Gasteiger partial charge in [0.25, 0.3) is 5.56 Å². The number of hydrogen-bond acceptors (Lipinski definition) is 2. The van der Waals surface area contributed by atoms with Crippen molar-refractivity contribution in [3.8, 4) is 5.69 Å². The van der Waals surface area contributed by atoms with Gasteiger partial charge in [0.05, 0.1) is 11.8 Å². The van der Waals surface area contributed by atoms with Crippen LogP contribution < -0.4 is 5.56 Å². The summed E-state index contributed by atoms with van der Waals surface area (Å²) >= 11 is 0. The Hall–Kier alpha value is -2.57. The van der Waals surface area contributed by atoms with Crippen molar-refractivity contribution in [2.24, 2.45) is 0 Å². The molecule has 0 unspecified atom stereocenters. The molecule has 0 aliphatic carbocycles. The third-order valence-electron chi connectivity index (χ3n) is 3.26. The van der Waals surface area contributed by atoms with Gasteiger partial charge in [-0.3, -0.25) is 9.20 Å². The molecule has 7 heteroatoms. The molecule has 0 spiro atoms. The van der Waals surface area contributed by atoms with Gasteiger partial charge in [-0.15, -0.1) is 0 Å². The summed E-state index contributed by atoms with van der Waals surface area (Å²) in [6, 6.07) is 6.61. The molecule has 22 heavy (non-hydrogen) atoms. The van der Waals surface area contributed by atoms with E-state index in [0.29, 0.717) is 5.69 Å². The predicted octanol–water partition coefficient (Wildman–Crippen LogP) is 3.12. The van der Waals surface area contributed by atoms with E-state index in [9.17, 15) is 18.0 Å². The van der Waals surface area contributed by atoms with Gasteiger partial charge in [0, 0.05) is 12.4 Å². The molecule has 0 aliphatic heterocycles. The van der Waals surface area contributed by atoms with Crippen LogP contribution in [-0.4, -0.2) is 20.9 Å². The number of imidazole rings is 1. The van der Waals surface area contributed by atoms with Crippen molar-refractivity contribution in [3.05, 3.63) is 64.1 Å². The van der Waals surface area contributed by atoms with Crippen LogP contribution in [0.4, 0.5) is 13.2 Å². The Balaban J connectivity index is 0.000000545. The molecule has 0 saturated carbocycles. The second-order valence-electron chi connectivity index (χ2n) is 4.61. The minimum Gasteiger partial charge on any atom is -0.269 e. The topological polar surface area (TPSA) is 39.3 Å². The molecular formula is C15H14F3N3O. The average molecular weight is 309 g/mol. The first-order valence-electron chi connectivity index (χ1n) is 6.43. The number of aryl methyl sites for hydroxylation is 2. The molecule has 0 amide bonds. The molecule has 0 aliphatic rings. The molecule has 0 saturated heterocycles. The van der Waals surface area contributed by atoms with Gasteiger partial charge in [-0.25, -0.2) is 18.3 Å². The third-order valence-corrected chi connectivity index (χ3v) is 3.26. The van der Waals surface area contributed by atoms with Crippen molar-refractivity contribution >= 4 is 5.78 Å². The molecule has 116 valence electrons. The lowest BCUT2D eigenvalue weighted by atomic mass is 10.1. The van der Waals surface area contributed by atoms with Crippen LogP contribution in [0.25, 0.3) is 11.5 Å². The molecule has 0 N–H and O–H groups in total. The number of aromatic nitrogens is 3. The zero-order chi connectivity index (χ0) is 16.3. The Morgan fingerprint density at radius 1 is 1.14 bits per heavy atom. The second-order valence-corrected chi connectivity index (χ2v) is 4.61. The number of alkyl halides is 2. The zero-order valence-electron chi connectivity index (χ0n) is 12.1. The summed E-state index contributed by atoms with van der Waals surface area (Å²) in [5.74, 6) is -0.342. The van der Waals surface area contributed by atoms with E-state index in [4.69, 9.17) is 0 Å². The van der Waals surface area contributed by atoms with E-state index in [1.54, 1.807) is 0 Å². The zero-order valence-corrected chi connectivity index (χ0v) is 12.1. The molecule has 4 nitrogen and oxygen atoms in total. The van der Waals surface area contributed by atoms with E-state index in [1.807, 2.05) is 32.0 Å². The summed E-state index contributed by atoms with van der Waals surface area (Å²) in [7, 11) is 0. The fraction of sp³-hybridized carbons (Fsp3) is 0.200. The summed E-state index contributed by atoms with van der Waals surface area (Å²) in [4.78, 5) is 16.1. The van der Waals surface area contributed by atoms with E-state index in [1.165, 1.54) is 21.4 Å². The van der Waals surface area contributed by atoms with Crippen molar-refractivity contribution in [1.82, 2.24) is 14.0 Å². The van der Waals surface area contributed by atoms with Crippen LogP contribution in [0, 0.1) is 19.8 Å². The van der Waals surface area contributed by atoms with Crippen LogP contribution in [0.15, 0.2) is 41.5 Å². The minimum atomic E-state index is -1.75. The Morgan fingerprint density at radius 2 is 1.82 bits per heavy atom. The standard InChI is InChI=1S/C14H12FN3O.CH2F2/c1-9-3-4-11(7-10(9)2)18-13(19)8-12(15)17-6-5-16-14(17)18;2-1-3/h3-8H,1-2H3;1H2. The van der Waals surface area contributed by atoms with Gasteiger partial charge in [0.2, 0.25) is 18.7 Å². The number of benzene rings is 1. The molecule has 0 bridgehead atoms. The van der Waals surface area contributed by atoms with Gasteiger partial charge in [0.1, 0.15) is 0 Å². The highest BCUT2D eigenvalue weighted by molar-refractivity contribution is 5.46. The van der Waals surface area contributed by atoms with E-state index in [-0.39, 0.29) is 5.78 Å². The van der Waals surface area contributed by atoms with Crippen molar-refractivity contribution in [1.29, 1.82) is 0 Å². The maximum absolute atomic E-state index is 13.6. The average Bonchev–Trinajstić information content (AvgIpc) is 2.93. The third kappa shape index (κ3) is 2.88. The van der Waals surface area contributed by atoms with Gasteiger partial charge in [-0.1, -0.05) is 6.07 Å². The van der Waals surface area contributed by atoms with E-state index in [2.05, 4.69) is 4.98 Å². The van der Waals surface area contributed by atoms with E-state index < -0.39 is 18.4 Å². The van der Waals surface area contributed by atoms with Crippen LogP contribution in [0.2, 0.25) is 0 Å². The van der Waals surface area contributed by atoms with Crippen molar-refractivity contribution in [3.63, 3.8) is 0 Å². The number of rotatable bonds is 1. The Bertz CT molecular complexity index is 855. The van der Waals surface area contributed by atoms with Crippen molar-refractivity contribution in [2.75, 3.05) is 6.93 Å². The highest BCUT2D eigenvalue weighted by Gasteiger charge is 2.11. The Labute approximate surface area is 124 Å². The first kappa shape index (κ1) is 15.8. The maximum atomic E-state index is 13.6. The predicted molar refractivity (Wildman–Crippen MR) is 77.3 cm³/mol.